The monoisotopic (exact) mass is 525 g/mol. The number of hydrogen-bond acceptors (Lipinski definition) is 9. The second-order valence-corrected chi connectivity index (χ2v) is 9.52. The predicted molar refractivity (Wildman–Crippen MR) is 145 cm³/mol. The first kappa shape index (κ1) is 27.5. The molecule has 9 nitrogen and oxygen atoms in total. The summed E-state index contributed by atoms with van der Waals surface area (Å²) in [5.74, 6) is 1.23. The van der Waals surface area contributed by atoms with Crippen LogP contribution in [0.1, 0.15) is 31.2 Å². The number of aromatic nitrogens is 2. The van der Waals surface area contributed by atoms with Crippen LogP contribution in [0.25, 0.3) is 10.9 Å². The van der Waals surface area contributed by atoms with Gasteiger partial charge in [0.05, 0.1) is 31.5 Å². The van der Waals surface area contributed by atoms with E-state index in [2.05, 4.69) is 25.9 Å². The van der Waals surface area contributed by atoms with Gasteiger partial charge < -0.3 is 30.2 Å². The van der Waals surface area contributed by atoms with Crippen LogP contribution < -0.4 is 25.4 Å². The van der Waals surface area contributed by atoms with E-state index in [4.69, 9.17) is 14.2 Å². The number of rotatable bonds is 11. The first-order chi connectivity index (χ1) is 18.4. The van der Waals surface area contributed by atoms with Crippen LogP contribution in [0.2, 0.25) is 0 Å². The van der Waals surface area contributed by atoms with Gasteiger partial charge in [-0.3, -0.25) is 4.79 Å². The molecular weight excluding hydrogens is 489 g/mol. The fourth-order valence-electron chi connectivity index (χ4n) is 4.93. The zero-order valence-electron chi connectivity index (χ0n) is 22.3. The lowest BCUT2D eigenvalue weighted by atomic mass is 9.82. The highest BCUT2D eigenvalue weighted by molar-refractivity contribution is 5.93. The Morgan fingerprint density at radius 1 is 1.11 bits per heavy atom. The van der Waals surface area contributed by atoms with Crippen molar-refractivity contribution in [1.82, 2.24) is 20.6 Å². The smallest absolute Gasteiger partial charge is 0.323 e. The third kappa shape index (κ3) is 6.31. The molecule has 3 N–H and O–H groups in total. The van der Waals surface area contributed by atoms with Crippen molar-refractivity contribution in [2.75, 3.05) is 39.7 Å². The molecule has 1 atom stereocenters. The maximum absolute atomic E-state index is 14.7. The number of methoxy groups -OCH3 is 2. The fourth-order valence-corrected chi connectivity index (χ4v) is 4.93. The van der Waals surface area contributed by atoms with Crippen molar-refractivity contribution in [3.05, 3.63) is 48.0 Å². The van der Waals surface area contributed by atoms with Crippen LogP contribution in [-0.4, -0.2) is 62.4 Å². The van der Waals surface area contributed by atoms with Crippen LogP contribution in [0.5, 0.6) is 11.5 Å². The Bertz CT molecular complexity index is 1250. The van der Waals surface area contributed by atoms with E-state index in [1.54, 1.807) is 38.3 Å². The fraction of sp³-hybridized carbons (Fsp3) is 0.464. The Morgan fingerprint density at radius 2 is 1.89 bits per heavy atom. The number of hydrogen-bond donors (Lipinski definition) is 3. The van der Waals surface area contributed by atoms with Crippen LogP contribution in [-0.2, 0) is 9.53 Å². The minimum absolute atomic E-state index is 0.0385. The van der Waals surface area contributed by atoms with E-state index in [0.717, 1.165) is 32.2 Å². The molecule has 3 aromatic rings. The summed E-state index contributed by atoms with van der Waals surface area (Å²) in [6.45, 7) is 3.17. The number of benzene rings is 2. The number of halogens is 1. The molecule has 0 aliphatic heterocycles. The minimum Gasteiger partial charge on any atom is -0.493 e. The van der Waals surface area contributed by atoms with E-state index in [0.29, 0.717) is 46.0 Å². The van der Waals surface area contributed by atoms with Crippen molar-refractivity contribution < 1.29 is 23.4 Å². The standard InChI is InChI=1S/C28H36FN5O4/c1-17-6-5-7-21(25(17)29)34-27-20-14-24(23(36-3)15-22(20)32-16-33-27)38-19-10-8-18(9-11-19)26(28(35)37-4)31-13-12-30-2/h5-7,14-16,18-19,26,30-31H,8-13H2,1-4H3,(H,32,33,34). The highest BCUT2D eigenvalue weighted by atomic mass is 19.1. The van der Waals surface area contributed by atoms with Crippen molar-refractivity contribution >= 4 is 28.4 Å². The minimum atomic E-state index is -0.336. The molecule has 1 saturated carbocycles. The van der Waals surface area contributed by atoms with Crippen LogP contribution in [0.3, 0.4) is 0 Å². The molecule has 2 aromatic carbocycles. The molecule has 204 valence electrons. The summed E-state index contributed by atoms with van der Waals surface area (Å²) in [6.07, 6.45) is 4.63. The number of fused-ring (bicyclic) bond motifs is 1. The number of anilines is 2. The van der Waals surface area contributed by atoms with Gasteiger partial charge in [-0.15, -0.1) is 0 Å². The summed E-state index contributed by atoms with van der Waals surface area (Å²) in [7, 11) is 4.89. The Labute approximate surface area is 222 Å². The maximum atomic E-state index is 14.7. The van der Waals surface area contributed by atoms with Crippen molar-refractivity contribution in [3.8, 4) is 11.5 Å². The summed E-state index contributed by atoms with van der Waals surface area (Å²) in [5, 5.41) is 10.2. The summed E-state index contributed by atoms with van der Waals surface area (Å²) in [5.41, 5.74) is 1.53. The number of carbonyl (C=O) groups is 1. The van der Waals surface area contributed by atoms with Crippen molar-refractivity contribution in [1.29, 1.82) is 0 Å². The molecule has 38 heavy (non-hydrogen) atoms. The third-order valence-electron chi connectivity index (χ3n) is 7.04. The molecule has 0 radical (unpaired) electrons. The van der Waals surface area contributed by atoms with Crippen LogP contribution in [0.15, 0.2) is 36.7 Å². The van der Waals surface area contributed by atoms with Crippen molar-refractivity contribution in [2.45, 2.75) is 44.8 Å². The molecule has 1 aliphatic carbocycles. The molecule has 4 rings (SSSR count). The molecule has 0 amide bonds. The molecule has 10 heteroatoms. The number of nitrogens with one attached hydrogen (secondary N) is 3. The molecule has 1 aliphatic rings. The number of carbonyl (C=O) groups excluding carboxylic acids is 1. The summed E-state index contributed by atoms with van der Waals surface area (Å²) < 4.78 is 31.7. The Kier molecular flexibility index (Phi) is 9.30. The summed E-state index contributed by atoms with van der Waals surface area (Å²) in [6, 6.07) is 8.49. The molecule has 1 aromatic heterocycles. The molecule has 1 unspecified atom stereocenters. The van der Waals surface area contributed by atoms with Gasteiger partial charge in [0.25, 0.3) is 0 Å². The zero-order chi connectivity index (χ0) is 27.1. The first-order valence-corrected chi connectivity index (χ1v) is 12.9. The summed E-state index contributed by atoms with van der Waals surface area (Å²) in [4.78, 5) is 21.1. The van der Waals surface area contributed by atoms with Gasteiger partial charge in [0, 0.05) is 24.5 Å². The zero-order valence-corrected chi connectivity index (χ0v) is 22.3. The van der Waals surface area contributed by atoms with E-state index in [1.165, 1.54) is 13.4 Å². The highest BCUT2D eigenvalue weighted by Crippen LogP contribution is 2.38. The van der Waals surface area contributed by atoms with Crippen molar-refractivity contribution in [3.63, 3.8) is 0 Å². The lowest BCUT2D eigenvalue weighted by Gasteiger charge is -2.33. The van der Waals surface area contributed by atoms with Gasteiger partial charge in [0.15, 0.2) is 11.5 Å². The number of esters is 1. The molecule has 1 fully saturated rings. The van der Waals surface area contributed by atoms with E-state index in [1.807, 2.05) is 13.1 Å². The molecule has 1 heterocycles. The average molecular weight is 526 g/mol. The average Bonchev–Trinajstić information content (AvgIpc) is 2.94. The van der Waals surface area contributed by atoms with Gasteiger partial charge >= 0.3 is 5.97 Å². The van der Waals surface area contributed by atoms with Crippen LogP contribution >= 0.6 is 0 Å². The van der Waals surface area contributed by atoms with Gasteiger partial charge in [-0.2, -0.15) is 0 Å². The Morgan fingerprint density at radius 3 is 2.61 bits per heavy atom. The van der Waals surface area contributed by atoms with Crippen molar-refractivity contribution in [2.24, 2.45) is 5.92 Å². The highest BCUT2D eigenvalue weighted by Gasteiger charge is 2.33. The van der Waals surface area contributed by atoms with E-state index >= 15 is 0 Å². The predicted octanol–water partition coefficient (Wildman–Crippen LogP) is 4.12. The van der Waals surface area contributed by atoms with Gasteiger partial charge in [0.2, 0.25) is 0 Å². The molecular formula is C28H36FN5O4. The van der Waals surface area contributed by atoms with Gasteiger partial charge in [-0.1, -0.05) is 12.1 Å². The lowest BCUT2D eigenvalue weighted by molar-refractivity contribution is -0.145. The topological polar surface area (TPSA) is 107 Å². The summed E-state index contributed by atoms with van der Waals surface area (Å²) >= 11 is 0. The van der Waals surface area contributed by atoms with Gasteiger partial charge in [-0.25, -0.2) is 14.4 Å². The van der Waals surface area contributed by atoms with E-state index in [9.17, 15) is 9.18 Å². The Balaban J connectivity index is 1.51. The SMILES string of the molecule is CNCCNC(C(=O)OC)C1CCC(Oc2cc3c(Nc4cccc(C)c4F)ncnc3cc2OC)CC1. The maximum Gasteiger partial charge on any atom is 0.323 e. The molecule has 0 saturated heterocycles. The second kappa shape index (κ2) is 12.8. The van der Waals surface area contributed by atoms with Gasteiger partial charge in [-0.05, 0) is 63.3 Å². The van der Waals surface area contributed by atoms with E-state index < -0.39 is 0 Å². The lowest BCUT2D eigenvalue weighted by Crippen LogP contribution is -2.47. The van der Waals surface area contributed by atoms with Crippen LogP contribution in [0, 0.1) is 18.7 Å². The number of ether oxygens (including phenoxy) is 3. The molecule has 0 bridgehead atoms. The number of nitrogens with zero attached hydrogens (tertiary/aromatic N) is 2. The quantitative estimate of drug-likeness (QED) is 0.252. The normalized spacial score (nSPS) is 18.1. The van der Waals surface area contributed by atoms with Crippen LogP contribution in [0.4, 0.5) is 15.9 Å². The van der Waals surface area contributed by atoms with Gasteiger partial charge in [0.1, 0.15) is 24.0 Å². The number of likely N-dealkylation sites (N-methyl/N-ethyl adjacent to an activating group) is 1. The second-order valence-electron chi connectivity index (χ2n) is 9.52. The Hall–Kier alpha value is -3.50. The first-order valence-electron chi connectivity index (χ1n) is 12.9. The van der Waals surface area contributed by atoms with E-state index in [-0.39, 0.29) is 29.9 Å². The number of aryl methyl sites for hydroxylation is 1. The third-order valence-corrected chi connectivity index (χ3v) is 7.04. The molecule has 0 spiro atoms. The largest absolute Gasteiger partial charge is 0.493 e.